The van der Waals surface area contributed by atoms with Gasteiger partial charge in [-0.15, -0.1) is 0 Å². The Hall–Kier alpha value is -1.04. The summed E-state index contributed by atoms with van der Waals surface area (Å²) in [6.07, 6.45) is 0. The SMILES string of the molecule is O=C([O-])C(F)(F)c1ccc(Br)cc1F. The summed E-state index contributed by atoms with van der Waals surface area (Å²) >= 11 is 2.85. The van der Waals surface area contributed by atoms with E-state index in [1.165, 1.54) is 0 Å². The van der Waals surface area contributed by atoms with Crippen LogP contribution in [0.1, 0.15) is 5.56 Å². The van der Waals surface area contributed by atoms with Crippen LogP contribution in [-0.4, -0.2) is 5.97 Å². The molecule has 1 aromatic carbocycles. The molecule has 0 spiro atoms. The molecule has 0 aliphatic heterocycles. The Morgan fingerprint density at radius 3 is 2.43 bits per heavy atom. The summed E-state index contributed by atoms with van der Waals surface area (Å²) in [5.74, 6) is -8.24. The number of carboxylic acids is 1. The molecule has 0 heterocycles. The van der Waals surface area contributed by atoms with Crippen molar-refractivity contribution >= 4 is 21.9 Å². The summed E-state index contributed by atoms with van der Waals surface area (Å²) in [4.78, 5) is 10.0. The van der Waals surface area contributed by atoms with Gasteiger partial charge < -0.3 is 9.90 Å². The Morgan fingerprint density at radius 2 is 2.00 bits per heavy atom. The van der Waals surface area contributed by atoms with E-state index < -0.39 is 23.3 Å². The zero-order valence-electron chi connectivity index (χ0n) is 6.56. The number of hydrogen-bond donors (Lipinski definition) is 0. The third-order valence-corrected chi connectivity index (χ3v) is 2.02. The van der Waals surface area contributed by atoms with Gasteiger partial charge in [0.15, 0.2) is 0 Å². The predicted octanol–water partition coefficient (Wildman–Crippen LogP) is 1.43. The maximum absolute atomic E-state index is 12.9. The van der Waals surface area contributed by atoms with Crippen LogP contribution in [0.25, 0.3) is 0 Å². The van der Waals surface area contributed by atoms with Crippen molar-refractivity contribution in [2.24, 2.45) is 0 Å². The fourth-order valence-corrected chi connectivity index (χ4v) is 1.19. The Morgan fingerprint density at radius 1 is 1.43 bits per heavy atom. The molecule has 0 saturated carbocycles. The van der Waals surface area contributed by atoms with Gasteiger partial charge in [0.2, 0.25) is 0 Å². The summed E-state index contributed by atoms with van der Waals surface area (Å²) in [5, 5.41) is 10.0. The summed E-state index contributed by atoms with van der Waals surface area (Å²) in [7, 11) is 0. The molecule has 14 heavy (non-hydrogen) atoms. The van der Waals surface area contributed by atoms with Gasteiger partial charge in [0.25, 0.3) is 0 Å². The van der Waals surface area contributed by atoms with Gasteiger partial charge >= 0.3 is 5.92 Å². The minimum atomic E-state index is -4.31. The Bertz CT molecular complexity index is 379. The molecule has 0 fully saturated rings. The molecule has 0 atom stereocenters. The second-order valence-electron chi connectivity index (χ2n) is 2.49. The Balaban J connectivity index is 3.26. The smallest absolute Gasteiger partial charge is 0.315 e. The van der Waals surface area contributed by atoms with Crippen molar-refractivity contribution in [3.05, 3.63) is 34.1 Å². The van der Waals surface area contributed by atoms with E-state index in [1.54, 1.807) is 0 Å². The lowest BCUT2D eigenvalue weighted by Crippen LogP contribution is -2.39. The normalized spacial score (nSPS) is 11.4. The van der Waals surface area contributed by atoms with Crippen molar-refractivity contribution in [2.75, 3.05) is 0 Å². The van der Waals surface area contributed by atoms with Gasteiger partial charge in [-0.05, 0) is 18.2 Å². The van der Waals surface area contributed by atoms with Crippen molar-refractivity contribution in [3.8, 4) is 0 Å². The van der Waals surface area contributed by atoms with Crippen LogP contribution in [0.15, 0.2) is 22.7 Å². The van der Waals surface area contributed by atoms with E-state index in [0.717, 1.165) is 12.1 Å². The average Bonchev–Trinajstić information content (AvgIpc) is 2.02. The average molecular weight is 268 g/mol. The first-order valence-electron chi connectivity index (χ1n) is 3.40. The van der Waals surface area contributed by atoms with Crippen LogP contribution >= 0.6 is 15.9 Å². The fourth-order valence-electron chi connectivity index (χ4n) is 0.854. The topological polar surface area (TPSA) is 40.1 Å². The van der Waals surface area contributed by atoms with E-state index in [0.29, 0.717) is 6.07 Å². The molecule has 0 radical (unpaired) electrons. The summed E-state index contributed by atoms with van der Waals surface area (Å²) in [5.41, 5.74) is -1.21. The zero-order chi connectivity index (χ0) is 10.9. The van der Waals surface area contributed by atoms with Crippen molar-refractivity contribution in [3.63, 3.8) is 0 Å². The van der Waals surface area contributed by atoms with Crippen molar-refractivity contribution < 1.29 is 23.1 Å². The highest BCUT2D eigenvalue weighted by Crippen LogP contribution is 2.30. The van der Waals surface area contributed by atoms with Crippen LogP contribution < -0.4 is 5.11 Å². The molecule has 76 valence electrons. The molecule has 0 saturated heterocycles. The number of alkyl halides is 2. The van der Waals surface area contributed by atoms with E-state index in [1.807, 2.05) is 0 Å². The third kappa shape index (κ3) is 1.89. The summed E-state index contributed by atoms with van der Waals surface area (Å²) < 4.78 is 38.7. The number of carbonyl (C=O) groups is 1. The molecule has 0 aromatic heterocycles. The minimum absolute atomic E-state index is 0.243. The second kappa shape index (κ2) is 3.61. The molecule has 6 heteroatoms. The molecular formula is C8H3BrF3O2-. The predicted molar refractivity (Wildman–Crippen MR) is 43.0 cm³/mol. The maximum atomic E-state index is 12.9. The number of hydrogen-bond acceptors (Lipinski definition) is 2. The molecule has 0 unspecified atom stereocenters. The largest absolute Gasteiger partial charge is 0.544 e. The summed E-state index contributed by atoms with van der Waals surface area (Å²) in [6.45, 7) is 0. The highest BCUT2D eigenvalue weighted by atomic mass is 79.9. The minimum Gasteiger partial charge on any atom is -0.544 e. The molecule has 1 rings (SSSR count). The third-order valence-electron chi connectivity index (χ3n) is 1.53. The summed E-state index contributed by atoms with van der Waals surface area (Å²) in [6, 6.07) is 2.57. The highest BCUT2D eigenvalue weighted by Gasteiger charge is 2.36. The highest BCUT2D eigenvalue weighted by molar-refractivity contribution is 9.10. The van der Waals surface area contributed by atoms with Crippen LogP contribution in [0, 0.1) is 5.82 Å². The van der Waals surface area contributed by atoms with Gasteiger partial charge in [-0.2, -0.15) is 8.78 Å². The molecule has 1 aromatic rings. The van der Waals surface area contributed by atoms with Gasteiger partial charge in [0.1, 0.15) is 11.8 Å². The van der Waals surface area contributed by atoms with Gasteiger partial charge in [-0.25, -0.2) is 4.39 Å². The first-order valence-corrected chi connectivity index (χ1v) is 4.20. The van der Waals surface area contributed by atoms with Crippen LogP contribution in [0.4, 0.5) is 13.2 Å². The van der Waals surface area contributed by atoms with E-state index in [-0.39, 0.29) is 4.47 Å². The van der Waals surface area contributed by atoms with Crippen LogP contribution in [0.5, 0.6) is 0 Å². The van der Waals surface area contributed by atoms with Crippen LogP contribution in [-0.2, 0) is 10.7 Å². The molecule has 0 bridgehead atoms. The number of carbonyl (C=O) groups excluding carboxylic acids is 1. The number of aliphatic carboxylic acids is 1. The molecular weight excluding hydrogens is 265 g/mol. The van der Waals surface area contributed by atoms with Crippen LogP contribution in [0.3, 0.4) is 0 Å². The molecule has 2 nitrogen and oxygen atoms in total. The van der Waals surface area contributed by atoms with Crippen molar-refractivity contribution in [1.29, 1.82) is 0 Å². The fraction of sp³-hybridized carbons (Fsp3) is 0.125. The number of carboxylic acid groups (broad SMARTS) is 1. The van der Waals surface area contributed by atoms with Gasteiger partial charge in [0.05, 0.1) is 5.56 Å². The van der Waals surface area contributed by atoms with E-state index in [9.17, 15) is 23.1 Å². The van der Waals surface area contributed by atoms with Crippen molar-refractivity contribution in [1.82, 2.24) is 0 Å². The number of rotatable bonds is 2. The number of benzene rings is 1. The van der Waals surface area contributed by atoms with Gasteiger partial charge in [-0.1, -0.05) is 15.9 Å². The lowest BCUT2D eigenvalue weighted by atomic mass is 10.1. The first-order chi connectivity index (χ1) is 6.35. The molecule has 0 aliphatic rings. The Labute approximate surface area is 85.5 Å². The molecule has 0 amide bonds. The quantitative estimate of drug-likeness (QED) is 0.814. The maximum Gasteiger partial charge on any atom is 0.315 e. The standard InChI is InChI=1S/C8H4BrF3O2/c9-4-1-2-5(6(10)3-4)8(11,12)7(13)14/h1-3H,(H,13,14)/p-1. The Kier molecular flexibility index (Phi) is 2.84. The van der Waals surface area contributed by atoms with E-state index in [4.69, 9.17) is 0 Å². The van der Waals surface area contributed by atoms with E-state index in [2.05, 4.69) is 15.9 Å². The zero-order valence-corrected chi connectivity index (χ0v) is 8.15. The van der Waals surface area contributed by atoms with Crippen molar-refractivity contribution in [2.45, 2.75) is 5.92 Å². The lowest BCUT2D eigenvalue weighted by molar-refractivity contribution is -0.331. The first kappa shape index (κ1) is 11.0. The number of halogens is 4. The molecule has 0 N–H and O–H groups in total. The van der Waals surface area contributed by atoms with Crippen LogP contribution in [0.2, 0.25) is 0 Å². The van der Waals surface area contributed by atoms with E-state index >= 15 is 0 Å². The lowest BCUT2D eigenvalue weighted by Gasteiger charge is -2.17. The monoisotopic (exact) mass is 267 g/mol. The van der Waals surface area contributed by atoms with Gasteiger partial charge in [0, 0.05) is 4.47 Å². The van der Waals surface area contributed by atoms with Gasteiger partial charge in [-0.3, -0.25) is 0 Å². The molecule has 0 aliphatic carbocycles. The second-order valence-corrected chi connectivity index (χ2v) is 3.40.